The van der Waals surface area contributed by atoms with Gasteiger partial charge in [0.25, 0.3) is 0 Å². The highest BCUT2D eigenvalue weighted by Crippen LogP contribution is 1.64. The Balaban J connectivity index is 0. The molecule has 44 valence electrons. The van der Waals surface area contributed by atoms with Crippen molar-refractivity contribution in [3.05, 3.63) is 0 Å². The molecule has 0 aromatic rings. The van der Waals surface area contributed by atoms with Crippen molar-refractivity contribution in [3.8, 4) is 0 Å². The number of nitrogens with two attached hydrogens (primary N) is 2. The van der Waals surface area contributed by atoms with E-state index in [0.717, 1.165) is 0 Å². The highest BCUT2D eigenvalue weighted by atomic mass is 35.5. The lowest BCUT2D eigenvalue weighted by Gasteiger charge is -1.91. The van der Waals surface area contributed by atoms with Crippen LogP contribution in [0.5, 0.6) is 0 Å². The first-order valence-electron chi connectivity index (χ1n) is 2.90. The van der Waals surface area contributed by atoms with Crippen LogP contribution in [0, 0.1) is 0 Å². The number of carbonyl (C=O) groups excluding carboxylic acids is 1. The molecule has 0 aliphatic carbocycles. The molecule has 0 radical (unpaired) electrons. The van der Waals surface area contributed by atoms with Crippen LogP contribution in [0.3, 0.4) is 0 Å². The Bertz CT molecular complexity index is 125. The van der Waals surface area contributed by atoms with E-state index in [1.165, 1.54) is 0 Å². The van der Waals surface area contributed by atoms with Crippen molar-refractivity contribution >= 4 is 18.3 Å². The Labute approximate surface area is 52.7 Å². The second-order valence-corrected chi connectivity index (χ2v) is 0.880. The maximum absolute atomic E-state index is 10.1. The largest absolute Gasteiger partial charge is 0.368 e. The summed E-state index contributed by atoms with van der Waals surface area (Å²) in [5.74, 6) is -1.00. The topological polar surface area (TPSA) is 69.1 Å². The standard InChI is InChI=1S/C3H8N2O.ClH/c1-2(4)3(5)6;/h2H,4H2,1H3,(H2,5,6);1H/t2-;/m0./s1/i1D3;. The summed E-state index contributed by atoms with van der Waals surface area (Å²) in [6.07, 6.45) is 0. The average molecular weight is 128 g/mol. The second-order valence-electron chi connectivity index (χ2n) is 0.880. The molecule has 4 heteroatoms. The number of primary amides is 1. The van der Waals surface area contributed by atoms with Crippen molar-refractivity contribution in [2.75, 3.05) is 0 Å². The first-order valence-corrected chi connectivity index (χ1v) is 1.40. The average Bonchev–Trinajstić information content (AvgIpc) is 1.62. The normalized spacial score (nSPS) is 19.9. The van der Waals surface area contributed by atoms with Crippen LogP contribution in [-0.2, 0) is 4.79 Å². The van der Waals surface area contributed by atoms with Crippen molar-refractivity contribution in [3.63, 3.8) is 0 Å². The highest BCUT2D eigenvalue weighted by Gasteiger charge is 1.96. The highest BCUT2D eigenvalue weighted by molar-refractivity contribution is 5.85. The molecular weight excluding hydrogens is 115 g/mol. The van der Waals surface area contributed by atoms with Crippen molar-refractivity contribution in [1.29, 1.82) is 0 Å². The van der Waals surface area contributed by atoms with Crippen LogP contribution >= 0.6 is 12.4 Å². The zero-order chi connectivity index (χ0) is 7.65. The molecular formula is C3H9ClN2O. The molecule has 0 aromatic carbocycles. The zero-order valence-corrected chi connectivity index (χ0v) is 4.37. The number of hydrogen-bond acceptors (Lipinski definition) is 2. The van der Waals surface area contributed by atoms with Gasteiger partial charge in [0.15, 0.2) is 0 Å². The SMILES string of the molecule is Cl.[2H]C([2H])([2H])[C@H](N)C(N)=O. The van der Waals surface area contributed by atoms with E-state index in [2.05, 4.69) is 5.73 Å². The quantitative estimate of drug-likeness (QED) is 0.486. The molecule has 0 saturated carbocycles. The van der Waals surface area contributed by atoms with Crippen LogP contribution in [0.1, 0.15) is 11.0 Å². The lowest BCUT2D eigenvalue weighted by Crippen LogP contribution is -2.32. The number of amides is 1. The third-order valence-corrected chi connectivity index (χ3v) is 0.307. The summed E-state index contributed by atoms with van der Waals surface area (Å²) in [4.78, 5) is 10.1. The molecule has 0 saturated heterocycles. The Hall–Kier alpha value is -0.280. The van der Waals surface area contributed by atoms with E-state index in [9.17, 15) is 4.79 Å². The van der Waals surface area contributed by atoms with E-state index in [0.29, 0.717) is 0 Å². The minimum atomic E-state index is -2.47. The Morgan fingerprint density at radius 2 is 2.43 bits per heavy atom. The number of carbonyl (C=O) groups is 1. The Morgan fingerprint density at radius 1 is 2.00 bits per heavy atom. The van der Waals surface area contributed by atoms with Gasteiger partial charge in [-0.3, -0.25) is 4.79 Å². The van der Waals surface area contributed by atoms with Crippen molar-refractivity contribution in [2.24, 2.45) is 11.5 Å². The van der Waals surface area contributed by atoms with Crippen LogP contribution in [-0.4, -0.2) is 11.9 Å². The molecule has 0 aliphatic heterocycles. The maximum Gasteiger partial charge on any atom is 0.234 e. The lowest BCUT2D eigenvalue weighted by atomic mass is 10.4. The van der Waals surface area contributed by atoms with Crippen LogP contribution in [0.2, 0.25) is 0 Å². The summed E-state index contributed by atoms with van der Waals surface area (Å²) in [6, 6.07) is -1.54. The van der Waals surface area contributed by atoms with E-state index >= 15 is 0 Å². The van der Waals surface area contributed by atoms with Crippen molar-refractivity contribution in [2.45, 2.75) is 12.9 Å². The van der Waals surface area contributed by atoms with E-state index in [-0.39, 0.29) is 12.4 Å². The van der Waals surface area contributed by atoms with Gasteiger partial charge in [0.1, 0.15) is 0 Å². The fourth-order valence-corrected chi connectivity index (χ4v) is 0. The number of halogens is 1. The molecule has 0 rings (SSSR count). The molecule has 1 atom stereocenters. The predicted octanol–water partition coefficient (Wildman–Crippen LogP) is -0.759. The van der Waals surface area contributed by atoms with E-state index in [1.54, 1.807) is 0 Å². The molecule has 0 fully saturated rings. The molecule has 0 unspecified atom stereocenters. The predicted molar refractivity (Wildman–Crippen MR) is 30.1 cm³/mol. The van der Waals surface area contributed by atoms with Gasteiger partial charge >= 0.3 is 0 Å². The van der Waals surface area contributed by atoms with Gasteiger partial charge < -0.3 is 11.5 Å². The maximum atomic E-state index is 10.1. The first-order chi connectivity index (χ1) is 3.85. The summed E-state index contributed by atoms with van der Waals surface area (Å²) >= 11 is 0. The number of hydrogen-bond donors (Lipinski definition) is 2. The van der Waals surface area contributed by atoms with Gasteiger partial charge in [0.05, 0.1) is 6.04 Å². The van der Waals surface area contributed by atoms with Gasteiger partial charge in [-0.25, -0.2) is 0 Å². The Morgan fingerprint density at radius 3 is 2.43 bits per heavy atom. The zero-order valence-electron chi connectivity index (χ0n) is 6.55. The second kappa shape index (κ2) is 3.89. The summed E-state index contributed by atoms with van der Waals surface area (Å²) in [7, 11) is 0. The minimum Gasteiger partial charge on any atom is -0.368 e. The van der Waals surface area contributed by atoms with Crippen molar-refractivity contribution < 1.29 is 8.91 Å². The molecule has 0 aliphatic rings. The van der Waals surface area contributed by atoms with Gasteiger partial charge in [-0.15, -0.1) is 12.4 Å². The lowest BCUT2D eigenvalue weighted by molar-refractivity contribution is -0.118. The molecule has 0 aromatic heterocycles. The fourth-order valence-electron chi connectivity index (χ4n) is 0. The van der Waals surface area contributed by atoms with Gasteiger partial charge in [-0.1, -0.05) is 0 Å². The Kier molecular flexibility index (Phi) is 2.05. The van der Waals surface area contributed by atoms with Gasteiger partial charge in [-0.2, -0.15) is 0 Å². The van der Waals surface area contributed by atoms with E-state index in [1.807, 2.05) is 0 Å². The first kappa shape index (κ1) is 3.69. The summed E-state index contributed by atoms with van der Waals surface area (Å²) in [5, 5.41) is 0. The third-order valence-electron chi connectivity index (χ3n) is 0.307. The van der Waals surface area contributed by atoms with Gasteiger partial charge in [0, 0.05) is 4.11 Å². The molecule has 0 bridgehead atoms. The summed E-state index contributed by atoms with van der Waals surface area (Å²) < 4.78 is 19.7. The smallest absolute Gasteiger partial charge is 0.234 e. The van der Waals surface area contributed by atoms with Crippen LogP contribution in [0.4, 0.5) is 0 Å². The van der Waals surface area contributed by atoms with Crippen LogP contribution in [0.25, 0.3) is 0 Å². The molecule has 7 heavy (non-hydrogen) atoms. The molecule has 4 N–H and O–H groups in total. The monoisotopic (exact) mass is 127 g/mol. The van der Waals surface area contributed by atoms with E-state index < -0.39 is 18.8 Å². The van der Waals surface area contributed by atoms with Gasteiger partial charge in [0.2, 0.25) is 5.91 Å². The molecule has 0 spiro atoms. The molecule has 1 amide bonds. The third kappa shape index (κ3) is 5.72. The summed E-state index contributed by atoms with van der Waals surface area (Å²) in [6.45, 7) is -2.47. The van der Waals surface area contributed by atoms with Crippen molar-refractivity contribution in [1.82, 2.24) is 0 Å². The molecule has 0 heterocycles. The minimum absolute atomic E-state index is 0. The summed E-state index contributed by atoms with van der Waals surface area (Å²) in [5.41, 5.74) is 9.45. The van der Waals surface area contributed by atoms with Crippen LogP contribution in [0.15, 0.2) is 0 Å². The van der Waals surface area contributed by atoms with Crippen LogP contribution < -0.4 is 11.5 Å². The molecule has 3 nitrogen and oxygen atoms in total. The van der Waals surface area contributed by atoms with Gasteiger partial charge in [-0.05, 0) is 6.85 Å². The van der Waals surface area contributed by atoms with E-state index in [4.69, 9.17) is 9.85 Å². The number of rotatable bonds is 1. The fraction of sp³-hybridized carbons (Fsp3) is 0.667.